The molecule has 0 amide bonds. The fraction of sp³-hybridized carbons (Fsp3) is 1.00. The van der Waals surface area contributed by atoms with Crippen LogP contribution in [-0.2, 0) is 4.74 Å². The highest BCUT2D eigenvalue weighted by Crippen LogP contribution is 2.34. The zero-order chi connectivity index (χ0) is 6.04. The molecule has 1 atom stereocenters. The van der Waals surface area contributed by atoms with Gasteiger partial charge in [-0.15, -0.1) is 11.6 Å². The predicted molar refractivity (Wildman–Crippen MR) is 34.3 cm³/mol. The molecule has 2 heteroatoms. The fourth-order valence-corrected chi connectivity index (χ4v) is 1.14. The molecule has 1 unspecified atom stereocenters. The Hall–Kier alpha value is 0.250. The Labute approximate surface area is 55.0 Å². The van der Waals surface area contributed by atoms with E-state index in [-0.39, 0.29) is 5.60 Å². The summed E-state index contributed by atoms with van der Waals surface area (Å²) >= 11 is 5.52. The minimum absolute atomic E-state index is 0.210. The topological polar surface area (TPSA) is 12.5 Å². The summed E-state index contributed by atoms with van der Waals surface area (Å²) in [6, 6.07) is 0. The summed E-state index contributed by atoms with van der Waals surface area (Å²) < 4.78 is 5.20. The van der Waals surface area contributed by atoms with Gasteiger partial charge in [-0.25, -0.2) is 0 Å². The molecule has 0 aromatic rings. The average Bonchev–Trinajstić information content (AvgIpc) is 2.50. The lowest BCUT2D eigenvalue weighted by Gasteiger charge is -2.02. The molecule has 1 saturated heterocycles. The van der Waals surface area contributed by atoms with E-state index in [1.807, 2.05) is 0 Å². The van der Waals surface area contributed by atoms with Crippen LogP contribution in [0, 0.1) is 0 Å². The highest BCUT2D eigenvalue weighted by Gasteiger charge is 2.41. The standard InChI is InChI=1S/C6H11ClO/c1-2-6(3-4-7)5-8-6/h2-5H2,1H3. The van der Waals surface area contributed by atoms with E-state index in [0.717, 1.165) is 25.3 Å². The maximum atomic E-state index is 5.52. The van der Waals surface area contributed by atoms with Gasteiger partial charge in [0.1, 0.15) is 0 Å². The summed E-state index contributed by atoms with van der Waals surface area (Å²) in [5.74, 6) is 0.730. The van der Waals surface area contributed by atoms with E-state index >= 15 is 0 Å². The van der Waals surface area contributed by atoms with Crippen LogP contribution < -0.4 is 0 Å². The number of rotatable bonds is 3. The minimum atomic E-state index is 0.210. The highest BCUT2D eigenvalue weighted by atomic mass is 35.5. The van der Waals surface area contributed by atoms with Gasteiger partial charge < -0.3 is 4.74 Å². The summed E-state index contributed by atoms with van der Waals surface area (Å²) in [4.78, 5) is 0. The molecule has 1 heterocycles. The number of hydrogen-bond donors (Lipinski definition) is 0. The molecule has 0 N–H and O–H groups in total. The molecule has 0 aliphatic carbocycles. The van der Waals surface area contributed by atoms with Gasteiger partial charge in [0.15, 0.2) is 0 Å². The zero-order valence-corrected chi connectivity index (χ0v) is 5.87. The molecular weight excluding hydrogens is 124 g/mol. The van der Waals surface area contributed by atoms with Crippen molar-refractivity contribution in [2.75, 3.05) is 12.5 Å². The number of alkyl halides is 1. The van der Waals surface area contributed by atoms with E-state index < -0.39 is 0 Å². The van der Waals surface area contributed by atoms with E-state index in [4.69, 9.17) is 16.3 Å². The maximum Gasteiger partial charge on any atom is 0.0925 e. The molecule has 0 aromatic carbocycles. The third kappa shape index (κ3) is 1.15. The summed E-state index contributed by atoms with van der Waals surface area (Å²) in [6.07, 6.45) is 2.13. The molecule has 0 saturated carbocycles. The van der Waals surface area contributed by atoms with Crippen LogP contribution in [-0.4, -0.2) is 18.1 Å². The molecular formula is C6H11ClO. The maximum absolute atomic E-state index is 5.52. The number of ether oxygens (including phenoxy) is 1. The van der Waals surface area contributed by atoms with Crippen LogP contribution in [0.2, 0.25) is 0 Å². The summed E-state index contributed by atoms with van der Waals surface area (Å²) in [6.45, 7) is 3.07. The number of epoxide rings is 1. The Bertz CT molecular complexity index is 78.6. The molecule has 1 nitrogen and oxygen atoms in total. The van der Waals surface area contributed by atoms with Gasteiger partial charge in [-0.3, -0.25) is 0 Å². The molecule has 0 bridgehead atoms. The van der Waals surface area contributed by atoms with Crippen LogP contribution >= 0.6 is 11.6 Å². The smallest absolute Gasteiger partial charge is 0.0925 e. The second-order valence-corrected chi connectivity index (χ2v) is 2.64. The van der Waals surface area contributed by atoms with E-state index in [2.05, 4.69) is 6.92 Å². The van der Waals surface area contributed by atoms with Gasteiger partial charge in [0.05, 0.1) is 12.2 Å². The molecule has 1 fully saturated rings. The zero-order valence-electron chi connectivity index (χ0n) is 5.11. The third-order valence-electron chi connectivity index (χ3n) is 1.75. The predicted octanol–water partition coefficient (Wildman–Crippen LogP) is 1.79. The summed E-state index contributed by atoms with van der Waals surface area (Å²) in [5.41, 5.74) is 0.210. The normalized spacial score (nSPS) is 35.2. The first-order valence-electron chi connectivity index (χ1n) is 3.03. The van der Waals surface area contributed by atoms with Crippen LogP contribution in [0.4, 0.5) is 0 Å². The lowest BCUT2D eigenvalue weighted by Crippen LogP contribution is -2.08. The second kappa shape index (κ2) is 2.24. The first kappa shape index (κ1) is 6.37. The molecule has 1 aliphatic rings. The summed E-state index contributed by atoms with van der Waals surface area (Å²) in [7, 11) is 0. The minimum Gasteiger partial charge on any atom is -0.370 e. The van der Waals surface area contributed by atoms with E-state index in [9.17, 15) is 0 Å². The van der Waals surface area contributed by atoms with Crippen molar-refractivity contribution >= 4 is 11.6 Å². The van der Waals surface area contributed by atoms with Gasteiger partial charge in [0.2, 0.25) is 0 Å². The molecule has 0 spiro atoms. The first-order valence-corrected chi connectivity index (χ1v) is 3.56. The molecule has 8 heavy (non-hydrogen) atoms. The van der Waals surface area contributed by atoms with Crippen LogP contribution in [0.25, 0.3) is 0 Å². The van der Waals surface area contributed by atoms with Gasteiger partial charge in [0, 0.05) is 5.88 Å². The van der Waals surface area contributed by atoms with Crippen molar-refractivity contribution in [3.8, 4) is 0 Å². The van der Waals surface area contributed by atoms with Crippen molar-refractivity contribution < 1.29 is 4.74 Å². The Morgan fingerprint density at radius 3 is 2.50 bits per heavy atom. The number of halogens is 1. The molecule has 48 valence electrons. The average molecular weight is 135 g/mol. The SMILES string of the molecule is CCC1(CCCl)CO1. The van der Waals surface area contributed by atoms with E-state index in [1.165, 1.54) is 0 Å². The van der Waals surface area contributed by atoms with Gasteiger partial charge >= 0.3 is 0 Å². The van der Waals surface area contributed by atoms with Gasteiger partial charge in [0.25, 0.3) is 0 Å². The van der Waals surface area contributed by atoms with E-state index in [1.54, 1.807) is 0 Å². The number of hydrogen-bond acceptors (Lipinski definition) is 1. The Morgan fingerprint density at radius 2 is 2.38 bits per heavy atom. The van der Waals surface area contributed by atoms with Crippen LogP contribution in [0.3, 0.4) is 0 Å². The van der Waals surface area contributed by atoms with Crippen molar-refractivity contribution in [3.63, 3.8) is 0 Å². The van der Waals surface area contributed by atoms with Crippen LogP contribution in [0.5, 0.6) is 0 Å². The molecule has 0 aromatic heterocycles. The molecule has 1 aliphatic heterocycles. The van der Waals surface area contributed by atoms with Crippen molar-refractivity contribution in [2.45, 2.75) is 25.4 Å². The van der Waals surface area contributed by atoms with Crippen LogP contribution in [0.1, 0.15) is 19.8 Å². The van der Waals surface area contributed by atoms with Gasteiger partial charge in [-0.1, -0.05) is 6.92 Å². The molecule has 0 radical (unpaired) electrons. The van der Waals surface area contributed by atoms with E-state index in [0.29, 0.717) is 0 Å². The largest absolute Gasteiger partial charge is 0.370 e. The van der Waals surface area contributed by atoms with Crippen molar-refractivity contribution in [2.24, 2.45) is 0 Å². The second-order valence-electron chi connectivity index (χ2n) is 2.26. The lowest BCUT2D eigenvalue weighted by molar-refractivity contribution is 0.290. The highest BCUT2D eigenvalue weighted by molar-refractivity contribution is 6.17. The summed E-state index contributed by atoms with van der Waals surface area (Å²) in [5, 5.41) is 0. The van der Waals surface area contributed by atoms with Gasteiger partial charge in [-0.2, -0.15) is 0 Å². The Balaban J connectivity index is 2.20. The third-order valence-corrected chi connectivity index (χ3v) is 1.94. The van der Waals surface area contributed by atoms with Crippen molar-refractivity contribution in [3.05, 3.63) is 0 Å². The Kier molecular flexibility index (Phi) is 1.78. The fourth-order valence-electron chi connectivity index (χ4n) is 0.800. The first-order chi connectivity index (χ1) is 3.83. The lowest BCUT2D eigenvalue weighted by atomic mass is 10.1. The quantitative estimate of drug-likeness (QED) is 0.424. The van der Waals surface area contributed by atoms with Gasteiger partial charge in [-0.05, 0) is 12.8 Å². The van der Waals surface area contributed by atoms with Crippen LogP contribution in [0.15, 0.2) is 0 Å². The monoisotopic (exact) mass is 134 g/mol. The van der Waals surface area contributed by atoms with Crippen molar-refractivity contribution in [1.29, 1.82) is 0 Å². The Morgan fingerprint density at radius 1 is 1.75 bits per heavy atom. The van der Waals surface area contributed by atoms with Crippen molar-refractivity contribution in [1.82, 2.24) is 0 Å². The molecule has 1 rings (SSSR count).